The van der Waals surface area contributed by atoms with Crippen LogP contribution in [0.3, 0.4) is 0 Å². The lowest BCUT2D eigenvalue weighted by atomic mass is 10.1. The Morgan fingerprint density at radius 2 is 1.87 bits per heavy atom. The summed E-state index contributed by atoms with van der Waals surface area (Å²) in [5.74, 6) is -0.361. The van der Waals surface area contributed by atoms with Crippen molar-refractivity contribution in [3.63, 3.8) is 0 Å². The van der Waals surface area contributed by atoms with Crippen LogP contribution in [0, 0.1) is 10.1 Å². The normalized spacial score (nSPS) is 10.3. The van der Waals surface area contributed by atoms with Gasteiger partial charge in [0.25, 0.3) is 11.6 Å². The first-order chi connectivity index (χ1) is 14.9. The lowest BCUT2D eigenvalue weighted by molar-refractivity contribution is -0.385. The number of para-hydroxylation sites is 1. The van der Waals surface area contributed by atoms with Crippen molar-refractivity contribution in [3.05, 3.63) is 80.6 Å². The maximum Gasteiger partial charge on any atom is 0.326 e. The van der Waals surface area contributed by atoms with Crippen LogP contribution in [-0.2, 0) is 6.42 Å². The molecule has 0 aliphatic carbocycles. The number of halogens is 1. The zero-order chi connectivity index (χ0) is 22.4. The van der Waals surface area contributed by atoms with E-state index in [0.29, 0.717) is 17.9 Å². The second-order valence-corrected chi connectivity index (χ2v) is 7.06. The van der Waals surface area contributed by atoms with Crippen molar-refractivity contribution in [2.75, 3.05) is 5.32 Å². The van der Waals surface area contributed by atoms with Crippen LogP contribution in [0.1, 0.15) is 22.8 Å². The van der Waals surface area contributed by atoms with Crippen LogP contribution in [0.15, 0.2) is 59.3 Å². The highest BCUT2D eigenvalue weighted by Crippen LogP contribution is 2.27. The summed E-state index contributed by atoms with van der Waals surface area (Å²) in [6.07, 6.45) is 3.71. The second kappa shape index (κ2) is 9.76. The molecule has 0 atom stereocenters. The van der Waals surface area contributed by atoms with Crippen LogP contribution in [0.25, 0.3) is 0 Å². The van der Waals surface area contributed by atoms with Gasteiger partial charge in [0.15, 0.2) is 0 Å². The summed E-state index contributed by atoms with van der Waals surface area (Å²) < 4.78 is 6.40. The van der Waals surface area contributed by atoms with E-state index in [4.69, 9.17) is 4.74 Å². The van der Waals surface area contributed by atoms with Crippen molar-refractivity contribution in [3.8, 4) is 11.8 Å². The summed E-state index contributed by atoms with van der Waals surface area (Å²) in [4.78, 5) is 43.0. The number of nitrogens with one attached hydrogen (secondary N) is 2. The largest absolute Gasteiger partial charge is 0.424 e. The summed E-state index contributed by atoms with van der Waals surface area (Å²) in [6, 6.07) is 9.63. The van der Waals surface area contributed by atoms with Crippen LogP contribution in [-0.4, -0.2) is 26.8 Å². The van der Waals surface area contributed by atoms with Gasteiger partial charge >= 0.3 is 12.0 Å². The molecule has 10 nitrogen and oxygen atoms in total. The lowest BCUT2D eigenvalue weighted by Gasteiger charge is -2.12. The average molecular weight is 486 g/mol. The zero-order valence-electron chi connectivity index (χ0n) is 16.2. The number of nitro groups is 1. The number of amides is 3. The Balaban J connectivity index is 1.69. The number of benzene rings is 2. The fourth-order valence-corrected chi connectivity index (χ4v) is 2.85. The van der Waals surface area contributed by atoms with Crippen molar-refractivity contribution < 1.29 is 19.2 Å². The zero-order valence-corrected chi connectivity index (χ0v) is 17.8. The van der Waals surface area contributed by atoms with Gasteiger partial charge < -0.3 is 10.1 Å². The van der Waals surface area contributed by atoms with E-state index in [1.54, 1.807) is 30.6 Å². The predicted octanol–water partition coefficient (Wildman–Crippen LogP) is 4.46. The smallest absolute Gasteiger partial charge is 0.326 e. The van der Waals surface area contributed by atoms with Crippen molar-refractivity contribution in [1.29, 1.82) is 0 Å². The minimum atomic E-state index is -0.882. The van der Waals surface area contributed by atoms with Crippen LogP contribution in [0.4, 0.5) is 16.2 Å². The first kappa shape index (κ1) is 21.8. The number of aromatic nitrogens is 2. The number of urea groups is 1. The third-order valence-corrected chi connectivity index (χ3v) is 4.48. The Labute approximate surface area is 185 Å². The van der Waals surface area contributed by atoms with E-state index in [1.165, 1.54) is 24.3 Å². The molecule has 3 amide bonds. The van der Waals surface area contributed by atoms with Gasteiger partial charge in [0, 0.05) is 24.1 Å². The SMILES string of the molecule is CCc1cc(NC(=O)NC(=O)c2ccccc2[N+](=O)[O-])ccc1Oc1ncc(Br)cn1. The van der Waals surface area contributed by atoms with Crippen LogP contribution >= 0.6 is 15.9 Å². The quantitative estimate of drug-likeness (QED) is 0.388. The van der Waals surface area contributed by atoms with Gasteiger partial charge in [0.1, 0.15) is 11.3 Å². The molecule has 1 heterocycles. The van der Waals surface area contributed by atoms with E-state index in [0.717, 1.165) is 10.0 Å². The molecule has 0 saturated carbocycles. The number of hydrogen-bond donors (Lipinski definition) is 2. The van der Waals surface area contributed by atoms with Gasteiger partial charge in [0.05, 0.1) is 9.40 Å². The van der Waals surface area contributed by atoms with E-state index in [9.17, 15) is 19.7 Å². The number of rotatable bonds is 6. The van der Waals surface area contributed by atoms with E-state index in [-0.39, 0.29) is 11.6 Å². The van der Waals surface area contributed by atoms with E-state index in [1.807, 2.05) is 6.92 Å². The molecule has 0 fully saturated rings. The van der Waals surface area contributed by atoms with Crippen LogP contribution < -0.4 is 15.4 Å². The van der Waals surface area contributed by atoms with Gasteiger partial charge in [0.2, 0.25) is 0 Å². The first-order valence-corrected chi connectivity index (χ1v) is 9.80. The summed E-state index contributed by atoms with van der Waals surface area (Å²) >= 11 is 3.25. The van der Waals surface area contributed by atoms with Crippen molar-refractivity contribution in [1.82, 2.24) is 15.3 Å². The number of nitrogens with zero attached hydrogens (tertiary/aromatic N) is 3. The van der Waals surface area contributed by atoms with Gasteiger partial charge in [-0.3, -0.25) is 20.2 Å². The minimum absolute atomic E-state index is 0.173. The number of carbonyl (C=O) groups excluding carboxylic acids is 2. The summed E-state index contributed by atoms with van der Waals surface area (Å²) in [7, 11) is 0. The molecule has 0 saturated heterocycles. The Hall–Kier alpha value is -3.86. The van der Waals surface area contributed by atoms with Gasteiger partial charge in [-0.1, -0.05) is 19.1 Å². The molecular weight excluding hydrogens is 470 g/mol. The van der Waals surface area contributed by atoms with Crippen molar-refractivity contribution in [2.45, 2.75) is 13.3 Å². The maximum absolute atomic E-state index is 12.3. The van der Waals surface area contributed by atoms with E-state index < -0.39 is 22.5 Å². The molecule has 3 aromatic rings. The third-order valence-electron chi connectivity index (χ3n) is 4.07. The summed E-state index contributed by atoms with van der Waals surface area (Å²) in [6.45, 7) is 1.91. The molecule has 2 aromatic carbocycles. The maximum atomic E-state index is 12.3. The van der Waals surface area contributed by atoms with Crippen LogP contribution in [0.5, 0.6) is 11.8 Å². The number of aryl methyl sites for hydroxylation is 1. The molecule has 0 unspecified atom stereocenters. The van der Waals surface area contributed by atoms with E-state index >= 15 is 0 Å². The fourth-order valence-electron chi connectivity index (χ4n) is 2.64. The number of nitro benzene ring substituents is 1. The van der Waals surface area contributed by atoms with E-state index in [2.05, 4.69) is 36.5 Å². The molecule has 0 aliphatic rings. The fraction of sp³-hybridized carbons (Fsp3) is 0.100. The number of hydrogen-bond acceptors (Lipinski definition) is 7. The number of ether oxygens (including phenoxy) is 1. The molecule has 0 spiro atoms. The number of carbonyl (C=O) groups is 2. The number of anilines is 1. The molecule has 2 N–H and O–H groups in total. The molecule has 158 valence electrons. The lowest BCUT2D eigenvalue weighted by Crippen LogP contribution is -2.34. The minimum Gasteiger partial charge on any atom is -0.424 e. The van der Waals surface area contributed by atoms with Gasteiger partial charge in [-0.2, -0.15) is 0 Å². The molecule has 11 heteroatoms. The van der Waals surface area contributed by atoms with Crippen LogP contribution in [0.2, 0.25) is 0 Å². The highest BCUT2D eigenvalue weighted by Gasteiger charge is 2.21. The van der Waals surface area contributed by atoms with Crippen molar-refractivity contribution >= 4 is 39.2 Å². The molecule has 0 radical (unpaired) electrons. The topological polar surface area (TPSA) is 136 Å². The van der Waals surface area contributed by atoms with Gasteiger partial charge in [-0.15, -0.1) is 0 Å². The molecule has 3 rings (SSSR count). The number of imide groups is 1. The Bertz CT molecular complexity index is 1140. The Kier molecular flexibility index (Phi) is 6.88. The Morgan fingerprint density at radius 1 is 1.16 bits per heavy atom. The van der Waals surface area contributed by atoms with Gasteiger partial charge in [-0.05, 0) is 52.2 Å². The monoisotopic (exact) mass is 485 g/mol. The second-order valence-electron chi connectivity index (χ2n) is 6.14. The first-order valence-electron chi connectivity index (χ1n) is 9.01. The highest BCUT2D eigenvalue weighted by atomic mass is 79.9. The Morgan fingerprint density at radius 3 is 2.55 bits per heavy atom. The van der Waals surface area contributed by atoms with Crippen molar-refractivity contribution in [2.24, 2.45) is 0 Å². The molecule has 0 aliphatic heterocycles. The third kappa shape index (κ3) is 5.60. The standard InChI is InChI=1S/C20H16BrN5O5/c1-2-12-9-14(7-8-17(12)31-20-22-10-13(21)11-23-20)24-19(28)25-18(27)15-5-3-4-6-16(15)26(29)30/h3-11H,2H2,1H3,(H2,24,25,27,28). The molecule has 1 aromatic heterocycles. The summed E-state index contributed by atoms with van der Waals surface area (Å²) in [5, 5.41) is 15.7. The predicted molar refractivity (Wildman–Crippen MR) is 115 cm³/mol. The molecular formula is C20H16BrN5O5. The highest BCUT2D eigenvalue weighted by molar-refractivity contribution is 9.10. The molecule has 0 bridgehead atoms. The van der Waals surface area contributed by atoms with Gasteiger partial charge in [-0.25, -0.2) is 14.8 Å². The molecule has 31 heavy (non-hydrogen) atoms. The summed E-state index contributed by atoms with van der Waals surface area (Å²) in [5.41, 5.74) is 0.580. The average Bonchev–Trinajstić information content (AvgIpc) is 2.76.